The molecule has 1 N–H and O–H groups in total. The third-order valence-corrected chi connectivity index (χ3v) is 2.42. The quantitative estimate of drug-likeness (QED) is 0.482. The molecule has 0 aromatic heterocycles. The number of rotatable bonds is 8. The van der Waals surface area contributed by atoms with Crippen molar-refractivity contribution in [2.24, 2.45) is 0 Å². The summed E-state index contributed by atoms with van der Waals surface area (Å²) in [4.78, 5) is 0. The van der Waals surface area contributed by atoms with E-state index in [4.69, 9.17) is 20.6 Å². The molecule has 0 spiro atoms. The molecule has 1 heterocycles. The third kappa shape index (κ3) is 6.81. The Morgan fingerprint density at radius 1 is 1.06 bits per heavy atom. The molecule has 4 nitrogen and oxygen atoms in total. The molecule has 1 aliphatic rings. The van der Waals surface area contributed by atoms with E-state index in [9.17, 15) is 0 Å². The van der Waals surface area contributed by atoms with Gasteiger partial charge in [-0.1, -0.05) is 5.92 Å². The normalized spacial score (nSPS) is 17.2. The Kier molecular flexibility index (Phi) is 8.09. The molecule has 0 aliphatic carbocycles. The van der Waals surface area contributed by atoms with E-state index in [2.05, 4.69) is 11.2 Å². The highest BCUT2D eigenvalue weighted by Crippen LogP contribution is 2.06. The molecular weight excluding hydrogens is 206 g/mol. The van der Waals surface area contributed by atoms with Gasteiger partial charge in [-0.3, -0.25) is 0 Å². The molecule has 0 aromatic carbocycles. The van der Waals surface area contributed by atoms with Crippen LogP contribution in [0, 0.1) is 12.3 Å². The molecule has 1 aliphatic heterocycles. The van der Waals surface area contributed by atoms with Gasteiger partial charge in [0.15, 0.2) is 0 Å². The first-order valence-corrected chi connectivity index (χ1v) is 5.84. The fourth-order valence-corrected chi connectivity index (χ4v) is 1.59. The Labute approximate surface area is 97.6 Å². The maximum atomic E-state index is 5.67. The van der Waals surface area contributed by atoms with Crippen LogP contribution in [0.25, 0.3) is 0 Å². The minimum atomic E-state index is 0.356. The van der Waals surface area contributed by atoms with Gasteiger partial charge < -0.3 is 19.5 Å². The minimum absolute atomic E-state index is 0.356. The number of nitrogens with one attached hydrogen (secondary N) is 1. The Balaban J connectivity index is 1.79. The van der Waals surface area contributed by atoms with Gasteiger partial charge >= 0.3 is 0 Å². The second-order valence-corrected chi connectivity index (χ2v) is 3.69. The molecule has 0 saturated carbocycles. The Bertz CT molecular complexity index is 197. The lowest BCUT2D eigenvalue weighted by atomic mass is 10.1. The molecule has 16 heavy (non-hydrogen) atoms. The van der Waals surface area contributed by atoms with Gasteiger partial charge in [-0.05, 0) is 25.9 Å². The van der Waals surface area contributed by atoms with Crippen LogP contribution in [0.15, 0.2) is 0 Å². The summed E-state index contributed by atoms with van der Waals surface area (Å²) in [6.45, 7) is 4.91. The van der Waals surface area contributed by atoms with Crippen molar-refractivity contribution >= 4 is 0 Å². The van der Waals surface area contributed by atoms with Crippen LogP contribution in [0.1, 0.15) is 12.8 Å². The number of terminal acetylenes is 1. The molecule has 4 heteroatoms. The van der Waals surface area contributed by atoms with Gasteiger partial charge in [0, 0.05) is 0 Å². The predicted octanol–water partition coefficient (Wildman–Crippen LogP) is 0.421. The van der Waals surface area contributed by atoms with Crippen molar-refractivity contribution in [1.82, 2.24) is 5.32 Å². The van der Waals surface area contributed by atoms with Gasteiger partial charge in [-0.2, -0.15) is 0 Å². The Morgan fingerprint density at radius 3 is 2.50 bits per heavy atom. The Morgan fingerprint density at radius 2 is 1.75 bits per heavy atom. The van der Waals surface area contributed by atoms with Crippen LogP contribution < -0.4 is 5.32 Å². The minimum Gasteiger partial charge on any atom is -0.377 e. The van der Waals surface area contributed by atoms with E-state index in [1.165, 1.54) is 0 Å². The summed E-state index contributed by atoms with van der Waals surface area (Å²) in [5.41, 5.74) is 0. The second-order valence-electron chi connectivity index (χ2n) is 3.69. The molecule has 0 bridgehead atoms. The summed E-state index contributed by atoms with van der Waals surface area (Å²) < 4.78 is 16.1. The number of piperidine rings is 1. The predicted molar refractivity (Wildman–Crippen MR) is 62.3 cm³/mol. The van der Waals surface area contributed by atoms with Crippen molar-refractivity contribution < 1.29 is 14.2 Å². The van der Waals surface area contributed by atoms with Gasteiger partial charge in [0.05, 0.1) is 32.5 Å². The molecule has 1 saturated heterocycles. The topological polar surface area (TPSA) is 39.7 Å². The number of hydrogen-bond donors (Lipinski definition) is 1. The fourth-order valence-electron chi connectivity index (χ4n) is 1.59. The van der Waals surface area contributed by atoms with E-state index >= 15 is 0 Å². The van der Waals surface area contributed by atoms with Crippen molar-refractivity contribution in [2.45, 2.75) is 18.9 Å². The molecule has 92 valence electrons. The molecule has 0 radical (unpaired) electrons. The van der Waals surface area contributed by atoms with Crippen molar-refractivity contribution in [2.75, 3.05) is 46.1 Å². The molecule has 0 aromatic rings. The van der Waals surface area contributed by atoms with Crippen LogP contribution >= 0.6 is 0 Å². The smallest absolute Gasteiger partial charge is 0.107 e. The first-order valence-electron chi connectivity index (χ1n) is 5.84. The van der Waals surface area contributed by atoms with Gasteiger partial charge in [-0.25, -0.2) is 0 Å². The lowest BCUT2D eigenvalue weighted by molar-refractivity contribution is -0.0175. The lowest BCUT2D eigenvalue weighted by Gasteiger charge is -2.22. The van der Waals surface area contributed by atoms with Crippen molar-refractivity contribution in [1.29, 1.82) is 0 Å². The zero-order valence-corrected chi connectivity index (χ0v) is 9.74. The van der Waals surface area contributed by atoms with Crippen LogP contribution in [0.2, 0.25) is 0 Å². The van der Waals surface area contributed by atoms with E-state index in [-0.39, 0.29) is 0 Å². The average Bonchev–Trinajstić information content (AvgIpc) is 2.34. The highest BCUT2D eigenvalue weighted by molar-refractivity contribution is 4.82. The van der Waals surface area contributed by atoms with Crippen LogP contribution in [0.4, 0.5) is 0 Å². The SMILES string of the molecule is C#CCOCCOCCOC1CCNCC1. The zero-order valence-electron chi connectivity index (χ0n) is 9.74. The molecule has 0 atom stereocenters. The van der Waals surface area contributed by atoms with Crippen molar-refractivity contribution in [3.05, 3.63) is 0 Å². The van der Waals surface area contributed by atoms with E-state index in [1.54, 1.807) is 0 Å². The maximum Gasteiger partial charge on any atom is 0.107 e. The first-order chi connectivity index (χ1) is 7.93. The van der Waals surface area contributed by atoms with Crippen molar-refractivity contribution in [3.63, 3.8) is 0 Å². The van der Waals surface area contributed by atoms with Gasteiger partial charge in [-0.15, -0.1) is 6.42 Å². The van der Waals surface area contributed by atoms with E-state index in [0.717, 1.165) is 25.9 Å². The van der Waals surface area contributed by atoms with Crippen LogP contribution in [0.3, 0.4) is 0 Å². The monoisotopic (exact) mass is 227 g/mol. The Hall–Kier alpha value is -0.600. The third-order valence-electron chi connectivity index (χ3n) is 2.42. The van der Waals surface area contributed by atoms with Crippen molar-refractivity contribution in [3.8, 4) is 12.3 Å². The zero-order chi connectivity index (χ0) is 11.5. The highest BCUT2D eigenvalue weighted by Gasteiger charge is 2.12. The summed E-state index contributed by atoms with van der Waals surface area (Å²) in [5, 5.41) is 3.30. The largest absolute Gasteiger partial charge is 0.377 e. The molecule has 1 fully saturated rings. The number of hydrogen-bond acceptors (Lipinski definition) is 4. The summed E-state index contributed by atoms with van der Waals surface area (Å²) in [7, 11) is 0. The van der Waals surface area contributed by atoms with Gasteiger partial charge in [0.1, 0.15) is 6.61 Å². The first kappa shape index (κ1) is 13.5. The summed E-state index contributed by atoms with van der Waals surface area (Å²) >= 11 is 0. The summed E-state index contributed by atoms with van der Waals surface area (Å²) in [5.74, 6) is 2.40. The molecule has 0 amide bonds. The summed E-state index contributed by atoms with van der Waals surface area (Å²) in [6, 6.07) is 0. The van der Waals surface area contributed by atoms with Crippen LogP contribution in [-0.2, 0) is 14.2 Å². The molecular formula is C12H21NO3. The summed E-state index contributed by atoms with van der Waals surface area (Å²) in [6.07, 6.45) is 7.64. The lowest BCUT2D eigenvalue weighted by Crippen LogP contribution is -2.33. The fraction of sp³-hybridized carbons (Fsp3) is 0.833. The van der Waals surface area contributed by atoms with E-state index in [1.807, 2.05) is 0 Å². The number of ether oxygens (including phenoxy) is 3. The standard InChI is InChI=1S/C12H21NO3/c1-2-7-14-8-9-15-10-11-16-12-3-5-13-6-4-12/h1,12-13H,3-11H2. The van der Waals surface area contributed by atoms with Gasteiger partial charge in [0.2, 0.25) is 0 Å². The van der Waals surface area contributed by atoms with Crippen LogP contribution in [0.5, 0.6) is 0 Å². The van der Waals surface area contributed by atoms with Gasteiger partial charge in [0.25, 0.3) is 0 Å². The second kappa shape index (κ2) is 9.61. The van der Waals surface area contributed by atoms with E-state index < -0.39 is 0 Å². The van der Waals surface area contributed by atoms with E-state index in [0.29, 0.717) is 39.1 Å². The molecule has 0 unspecified atom stereocenters. The average molecular weight is 227 g/mol. The maximum absolute atomic E-state index is 5.67. The highest BCUT2D eigenvalue weighted by atomic mass is 16.5. The molecule has 1 rings (SSSR count). The van der Waals surface area contributed by atoms with Crippen LogP contribution in [-0.4, -0.2) is 52.2 Å².